The smallest absolute Gasteiger partial charge is 0.304 e. The van der Waals surface area contributed by atoms with Gasteiger partial charge >= 0.3 is 5.69 Å². The zero-order valence-electron chi connectivity index (χ0n) is 12.6. The van der Waals surface area contributed by atoms with Crippen molar-refractivity contribution in [1.82, 2.24) is 10.2 Å². The van der Waals surface area contributed by atoms with Crippen LogP contribution in [0.4, 0.5) is 10.1 Å². The van der Waals surface area contributed by atoms with Gasteiger partial charge in [0, 0.05) is 19.2 Å². The SMILES string of the molecule is CN1CCC(C)(CNCc2ccc([N+](=O)[O-])c(F)c2)CC1. The predicted molar refractivity (Wildman–Crippen MR) is 79.6 cm³/mol. The molecule has 5 nitrogen and oxygen atoms in total. The van der Waals surface area contributed by atoms with Crippen molar-refractivity contribution < 1.29 is 9.31 Å². The minimum Gasteiger partial charge on any atom is -0.312 e. The van der Waals surface area contributed by atoms with E-state index in [-0.39, 0.29) is 5.41 Å². The molecule has 6 heteroatoms. The van der Waals surface area contributed by atoms with E-state index in [2.05, 4.69) is 24.2 Å². The number of benzene rings is 1. The maximum atomic E-state index is 13.5. The molecule has 0 saturated carbocycles. The molecule has 21 heavy (non-hydrogen) atoms. The summed E-state index contributed by atoms with van der Waals surface area (Å²) in [6.07, 6.45) is 2.29. The van der Waals surface area contributed by atoms with Gasteiger partial charge in [-0.25, -0.2) is 0 Å². The van der Waals surface area contributed by atoms with Crippen LogP contribution < -0.4 is 5.32 Å². The van der Waals surface area contributed by atoms with Crippen molar-refractivity contribution in [2.75, 3.05) is 26.7 Å². The summed E-state index contributed by atoms with van der Waals surface area (Å²) in [5.41, 5.74) is 0.530. The number of nitrogens with zero attached hydrogens (tertiary/aromatic N) is 2. The lowest BCUT2D eigenvalue weighted by atomic mass is 9.80. The summed E-state index contributed by atoms with van der Waals surface area (Å²) in [7, 11) is 2.13. The molecule has 0 unspecified atom stereocenters. The van der Waals surface area contributed by atoms with Gasteiger partial charge in [0.1, 0.15) is 0 Å². The Bertz CT molecular complexity index is 514. The molecule has 1 aromatic carbocycles. The first-order chi connectivity index (χ1) is 9.89. The quantitative estimate of drug-likeness (QED) is 0.670. The molecule has 0 spiro atoms. The van der Waals surface area contributed by atoms with Crippen molar-refractivity contribution in [3.05, 3.63) is 39.7 Å². The fourth-order valence-corrected chi connectivity index (χ4v) is 2.65. The van der Waals surface area contributed by atoms with Crippen molar-refractivity contribution >= 4 is 5.69 Å². The molecule has 1 aliphatic heterocycles. The van der Waals surface area contributed by atoms with E-state index in [9.17, 15) is 14.5 Å². The number of rotatable bonds is 5. The fourth-order valence-electron chi connectivity index (χ4n) is 2.65. The number of nitro groups is 1. The van der Waals surface area contributed by atoms with E-state index in [0.29, 0.717) is 6.54 Å². The lowest BCUT2D eigenvalue weighted by molar-refractivity contribution is -0.387. The van der Waals surface area contributed by atoms with Crippen molar-refractivity contribution in [3.63, 3.8) is 0 Å². The largest absolute Gasteiger partial charge is 0.312 e. The van der Waals surface area contributed by atoms with E-state index < -0.39 is 16.4 Å². The third-order valence-corrected chi connectivity index (χ3v) is 4.28. The minimum absolute atomic E-state index is 0.270. The minimum atomic E-state index is -0.773. The summed E-state index contributed by atoms with van der Waals surface area (Å²) in [5.74, 6) is -0.773. The second-order valence-corrected chi connectivity index (χ2v) is 6.26. The van der Waals surface area contributed by atoms with Crippen LogP contribution >= 0.6 is 0 Å². The van der Waals surface area contributed by atoms with Gasteiger partial charge in [0.15, 0.2) is 0 Å². The first-order valence-corrected chi connectivity index (χ1v) is 7.22. The first-order valence-electron chi connectivity index (χ1n) is 7.22. The molecule has 1 N–H and O–H groups in total. The Balaban J connectivity index is 1.86. The highest BCUT2D eigenvalue weighted by atomic mass is 19.1. The van der Waals surface area contributed by atoms with Crippen LogP contribution in [0, 0.1) is 21.3 Å². The number of nitro benzene ring substituents is 1. The zero-order valence-corrected chi connectivity index (χ0v) is 12.6. The van der Waals surface area contributed by atoms with E-state index in [4.69, 9.17) is 0 Å². The van der Waals surface area contributed by atoms with Crippen LogP contribution in [0.2, 0.25) is 0 Å². The Kier molecular flexibility index (Phi) is 4.90. The third-order valence-electron chi connectivity index (χ3n) is 4.28. The molecule has 1 heterocycles. The highest BCUT2D eigenvalue weighted by molar-refractivity contribution is 5.34. The number of hydrogen-bond donors (Lipinski definition) is 1. The second kappa shape index (κ2) is 6.49. The highest BCUT2D eigenvalue weighted by Crippen LogP contribution is 2.29. The number of piperidine rings is 1. The molecule has 0 aromatic heterocycles. The second-order valence-electron chi connectivity index (χ2n) is 6.26. The fraction of sp³-hybridized carbons (Fsp3) is 0.600. The van der Waals surface area contributed by atoms with Crippen LogP contribution in [0.5, 0.6) is 0 Å². The first kappa shape index (κ1) is 15.9. The molecule has 0 atom stereocenters. The molecule has 1 aromatic rings. The number of likely N-dealkylation sites (tertiary alicyclic amines) is 1. The number of halogens is 1. The molecule has 0 radical (unpaired) electrons. The molecule has 116 valence electrons. The number of nitrogens with one attached hydrogen (secondary N) is 1. The van der Waals surface area contributed by atoms with Crippen LogP contribution in [0.15, 0.2) is 18.2 Å². The molecular weight excluding hydrogens is 273 g/mol. The monoisotopic (exact) mass is 295 g/mol. The molecule has 1 saturated heterocycles. The van der Waals surface area contributed by atoms with Crippen LogP contribution in [0.3, 0.4) is 0 Å². The average Bonchev–Trinajstić information content (AvgIpc) is 2.42. The highest BCUT2D eigenvalue weighted by Gasteiger charge is 2.28. The third kappa shape index (κ3) is 4.22. The van der Waals surface area contributed by atoms with Crippen molar-refractivity contribution in [2.45, 2.75) is 26.3 Å². The van der Waals surface area contributed by atoms with Gasteiger partial charge in [-0.3, -0.25) is 10.1 Å². The normalized spacial score (nSPS) is 18.6. The number of hydrogen-bond acceptors (Lipinski definition) is 4. The van der Waals surface area contributed by atoms with Gasteiger partial charge in [0.05, 0.1) is 4.92 Å². The predicted octanol–water partition coefficient (Wildman–Crippen LogP) is 2.56. The van der Waals surface area contributed by atoms with Crippen LogP contribution in [-0.2, 0) is 6.54 Å². The van der Waals surface area contributed by atoms with E-state index in [0.717, 1.165) is 38.0 Å². The summed E-state index contributed by atoms with van der Waals surface area (Å²) in [6.45, 7) is 5.87. The molecule has 1 fully saturated rings. The standard InChI is InChI=1S/C15H22FN3O2/c1-15(5-7-18(2)8-6-15)11-17-10-12-3-4-14(19(20)21)13(16)9-12/h3-4,9,17H,5-8,10-11H2,1-2H3. The van der Waals surface area contributed by atoms with E-state index in [1.807, 2.05) is 0 Å². The molecule has 0 amide bonds. The lowest BCUT2D eigenvalue weighted by Crippen LogP contribution is -2.41. The van der Waals surface area contributed by atoms with E-state index in [1.165, 1.54) is 12.1 Å². The molecular formula is C15H22FN3O2. The van der Waals surface area contributed by atoms with Crippen molar-refractivity contribution in [3.8, 4) is 0 Å². The Labute approximate surface area is 124 Å². The van der Waals surface area contributed by atoms with Crippen LogP contribution in [0.1, 0.15) is 25.3 Å². The topological polar surface area (TPSA) is 58.4 Å². The Morgan fingerprint density at radius 1 is 1.43 bits per heavy atom. The van der Waals surface area contributed by atoms with Crippen molar-refractivity contribution in [2.24, 2.45) is 5.41 Å². The summed E-state index contributed by atoms with van der Waals surface area (Å²) in [5, 5.41) is 13.9. The Hall–Kier alpha value is -1.53. The van der Waals surface area contributed by atoms with Crippen LogP contribution in [-0.4, -0.2) is 36.5 Å². The summed E-state index contributed by atoms with van der Waals surface area (Å²) < 4.78 is 13.5. The summed E-state index contributed by atoms with van der Waals surface area (Å²) in [4.78, 5) is 12.2. The lowest BCUT2D eigenvalue weighted by Gasteiger charge is -2.38. The van der Waals surface area contributed by atoms with Crippen LogP contribution in [0.25, 0.3) is 0 Å². The average molecular weight is 295 g/mol. The molecule has 0 bridgehead atoms. The van der Waals surface area contributed by atoms with Crippen molar-refractivity contribution in [1.29, 1.82) is 0 Å². The van der Waals surface area contributed by atoms with E-state index >= 15 is 0 Å². The van der Waals surface area contributed by atoms with Gasteiger partial charge in [-0.15, -0.1) is 0 Å². The molecule has 0 aliphatic carbocycles. The van der Waals surface area contributed by atoms with Gasteiger partial charge in [-0.1, -0.05) is 13.0 Å². The van der Waals surface area contributed by atoms with Gasteiger partial charge in [0.25, 0.3) is 0 Å². The zero-order chi connectivity index (χ0) is 15.5. The summed E-state index contributed by atoms with van der Waals surface area (Å²) in [6, 6.07) is 4.07. The van der Waals surface area contributed by atoms with Gasteiger partial charge in [-0.2, -0.15) is 4.39 Å². The Morgan fingerprint density at radius 3 is 2.67 bits per heavy atom. The molecule has 2 rings (SSSR count). The van der Waals surface area contributed by atoms with E-state index in [1.54, 1.807) is 6.07 Å². The maximum absolute atomic E-state index is 13.5. The Morgan fingerprint density at radius 2 is 2.10 bits per heavy atom. The molecule has 1 aliphatic rings. The van der Waals surface area contributed by atoms with Gasteiger partial charge in [0.2, 0.25) is 5.82 Å². The summed E-state index contributed by atoms with van der Waals surface area (Å²) >= 11 is 0. The maximum Gasteiger partial charge on any atom is 0.304 e. The van der Waals surface area contributed by atoms with Gasteiger partial charge < -0.3 is 10.2 Å². The van der Waals surface area contributed by atoms with Gasteiger partial charge in [-0.05, 0) is 50.0 Å².